The summed E-state index contributed by atoms with van der Waals surface area (Å²) in [6, 6.07) is 0. The lowest BCUT2D eigenvalue weighted by Gasteiger charge is -2.13. The quantitative estimate of drug-likeness (QED) is 0.273. The normalized spacial score (nSPS) is 13.1. The van der Waals surface area contributed by atoms with E-state index in [9.17, 15) is 17.8 Å². The fourth-order valence-corrected chi connectivity index (χ4v) is 3.88. The van der Waals surface area contributed by atoms with Crippen molar-refractivity contribution in [3.63, 3.8) is 0 Å². The second-order valence-electron chi connectivity index (χ2n) is 6.75. The van der Waals surface area contributed by atoms with Crippen LogP contribution in [-0.4, -0.2) is 29.3 Å². The summed E-state index contributed by atoms with van der Waals surface area (Å²) in [5.74, 6) is -0.767. The zero-order valence-corrected chi connectivity index (χ0v) is 16.0. The molecule has 24 heavy (non-hydrogen) atoms. The largest absolute Gasteiger partial charge is 0.481 e. The summed E-state index contributed by atoms with van der Waals surface area (Å²) in [6.07, 6.45) is 13.4. The summed E-state index contributed by atoms with van der Waals surface area (Å²) in [6.45, 7) is 2.18. The lowest BCUT2D eigenvalue weighted by Crippen LogP contribution is -2.20. The molecule has 1 atom stereocenters. The number of hydrogen-bond donors (Lipinski definition) is 2. The molecular weight excluding hydrogens is 328 g/mol. The molecule has 5 nitrogen and oxygen atoms in total. The summed E-state index contributed by atoms with van der Waals surface area (Å²) in [4.78, 5) is 10.4. The van der Waals surface area contributed by atoms with Gasteiger partial charge in [0.1, 0.15) is 0 Å². The third kappa shape index (κ3) is 14.9. The van der Waals surface area contributed by atoms with Crippen LogP contribution in [0.15, 0.2) is 0 Å². The highest BCUT2D eigenvalue weighted by atomic mass is 32.2. The van der Waals surface area contributed by atoms with E-state index in [1.807, 2.05) is 0 Å². The van der Waals surface area contributed by atoms with Gasteiger partial charge in [-0.05, 0) is 19.3 Å². The SMILES string of the molecule is CCCCCCCCC[C@@H](CCCCCCCC(=O)O)S(=O)(=O)O. The Kier molecular flexibility index (Phi) is 14.3. The zero-order chi connectivity index (χ0) is 18.3. The second kappa shape index (κ2) is 14.7. The van der Waals surface area contributed by atoms with E-state index in [1.54, 1.807) is 0 Å². The molecule has 0 unspecified atom stereocenters. The molecule has 0 saturated carbocycles. The molecule has 0 aliphatic carbocycles. The molecule has 0 aromatic carbocycles. The van der Waals surface area contributed by atoms with Crippen LogP contribution < -0.4 is 0 Å². The topological polar surface area (TPSA) is 91.7 Å². The van der Waals surface area contributed by atoms with Crippen LogP contribution >= 0.6 is 0 Å². The smallest absolute Gasteiger partial charge is 0.303 e. The number of carboxylic acid groups (broad SMARTS) is 1. The lowest BCUT2D eigenvalue weighted by molar-refractivity contribution is -0.137. The molecule has 0 spiro atoms. The first-order valence-electron chi connectivity index (χ1n) is 9.56. The van der Waals surface area contributed by atoms with Crippen LogP contribution in [0.3, 0.4) is 0 Å². The van der Waals surface area contributed by atoms with Gasteiger partial charge in [0.05, 0.1) is 5.25 Å². The molecule has 0 aromatic rings. The molecule has 0 heterocycles. The second-order valence-corrected chi connectivity index (χ2v) is 8.44. The minimum absolute atomic E-state index is 0.200. The first-order valence-corrected chi connectivity index (χ1v) is 11.1. The molecule has 0 rings (SSSR count). The van der Waals surface area contributed by atoms with Crippen molar-refractivity contribution in [2.24, 2.45) is 0 Å². The van der Waals surface area contributed by atoms with E-state index in [4.69, 9.17) is 5.11 Å². The maximum absolute atomic E-state index is 11.5. The molecule has 0 fully saturated rings. The van der Waals surface area contributed by atoms with Gasteiger partial charge >= 0.3 is 5.97 Å². The number of carboxylic acids is 1. The van der Waals surface area contributed by atoms with Crippen molar-refractivity contribution >= 4 is 16.1 Å². The maximum atomic E-state index is 11.5. The van der Waals surface area contributed by atoms with Crippen LogP contribution in [0.5, 0.6) is 0 Å². The highest BCUT2D eigenvalue weighted by Crippen LogP contribution is 2.19. The predicted molar refractivity (Wildman–Crippen MR) is 97.9 cm³/mol. The zero-order valence-electron chi connectivity index (χ0n) is 15.2. The Morgan fingerprint density at radius 3 is 1.62 bits per heavy atom. The minimum Gasteiger partial charge on any atom is -0.481 e. The number of rotatable bonds is 17. The number of aliphatic carboxylic acids is 1. The van der Waals surface area contributed by atoms with Crippen LogP contribution in [0.25, 0.3) is 0 Å². The molecular formula is C18H36O5S. The van der Waals surface area contributed by atoms with E-state index < -0.39 is 21.3 Å². The van der Waals surface area contributed by atoms with Gasteiger partial charge in [0.2, 0.25) is 0 Å². The van der Waals surface area contributed by atoms with E-state index in [1.165, 1.54) is 25.7 Å². The van der Waals surface area contributed by atoms with E-state index in [2.05, 4.69) is 6.92 Å². The number of carbonyl (C=O) groups is 1. The van der Waals surface area contributed by atoms with Crippen molar-refractivity contribution in [1.82, 2.24) is 0 Å². The Morgan fingerprint density at radius 1 is 0.792 bits per heavy atom. The Morgan fingerprint density at radius 2 is 1.21 bits per heavy atom. The van der Waals surface area contributed by atoms with Crippen molar-refractivity contribution < 1.29 is 22.9 Å². The van der Waals surface area contributed by atoms with Gasteiger partial charge in [-0.25, -0.2) is 0 Å². The molecule has 0 saturated heterocycles. The standard InChI is InChI=1S/C18H36O5S/c1-2-3-4-5-6-8-11-14-17(24(21,22)23)15-12-9-7-10-13-16-18(19)20/h17H,2-16H2,1H3,(H,19,20)(H,21,22,23)/t17-/m0/s1. The Hall–Kier alpha value is -0.620. The highest BCUT2D eigenvalue weighted by molar-refractivity contribution is 7.86. The number of hydrogen-bond acceptors (Lipinski definition) is 3. The van der Waals surface area contributed by atoms with Gasteiger partial charge in [-0.1, -0.05) is 77.6 Å². The first-order chi connectivity index (χ1) is 11.4. The molecule has 0 bridgehead atoms. The van der Waals surface area contributed by atoms with Crippen LogP contribution in [0.2, 0.25) is 0 Å². The summed E-state index contributed by atoms with van der Waals surface area (Å²) < 4.78 is 32.3. The van der Waals surface area contributed by atoms with Crippen molar-refractivity contribution in [1.29, 1.82) is 0 Å². The Labute approximate surface area is 148 Å². The lowest BCUT2D eigenvalue weighted by atomic mass is 10.0. The molecule has 0 radical (unpaired) electrons. The average Bonchev–Trinajstić information content (AvgIpc) is 2.49. The third-order valence-electron chi connectivity index (χ3n) is 4.47. The van der Waals surface area contributed by atoms with Gasteiger partial charge < -0.3 is 5.11 Å². The van der Waals surface area contributed by atoms with E-state index in [-0.39, 0.29) is 6.42 Å². The fraction of sp³-hybridized carbons (Fsp3) is 0.944. The fourth-order valence-electron chi connectivity index (χ4n) is 2.95. The Bertz CT molecular complexity index is 406. The van der Waals surface area contributed by atoms with Gasteiger partial charge in [0.25, 0.3) is 10.1 Å². The molecule has 6 heteroatoms. The molecule has 2 N–H and O–H groups in total. The predicted octanol–water partition coefficient (Wildman–Crippen LogP) is 5.20. The van der Waals surface area contributed by atoms with E-state index in [0.717, 1.165) is 44.9 Å². The van der Waals surface area contributed by atoms with Gasteiger partial charge in [-0.15, -0.1) is 0 Å². The minimum atomic E-state index is -3.95. The molecule has 0 aromatic heterocycles. The first kappa shape index (κ1) is 23.4. The van der Waals surface area contributed by atoms with Gasteiger partial charge in [-0.3, -0.25) is 9.35 Å². The van der Waals surface area contributed by atoms with Gasteiger partial charge in [-0.2, -0.15) is 8.42 Å². The third-order valence-corrected chi connectivity index (χ3v) is 5.78. The Balaban J connectivity index is 3.77. The van der Waals surface area contributed by atoms with Crippen molar-refractivity contribution in [2.45, 2.75) is 108 Å². The van der Waals surface area contributed by atoms with E-state index in [0.29, 0.717) is 19.3 Å². The molecule has 144 valence electrons. The van der Waals surface area contributed by atoms with Crippen molar-refractivity contribution in [3.05, 3.63) is 0 Å². The molecule has 0 aliphatic heterocycles. The van der Waals surface area contributed by atoms with Crippen LogP contribution in [0.4, 0.5) is 0 Å². The molecule has 0 aliphatic rings. The summed E-state index contributed by atoms with van der Waals surface area (Å²) in [5.41, 5.74) is 0. The summed E-state index contributed by atoms with van der Waals surface area (Å²) >= 11 is 0. The maximum Gasteiger partial charge on any atom is 0.303 e. The van der Waals surface area contributed by atoms with E-state index >= 15 is 0 Å². The molecule has 0 amide bonds. The summed E-state index contributed by atoms with van der Waals surface area (Å²) in [5, 5.41) is 7.91. The van der Waals surface area contributed by atoms with Crippen LogP contribution in [-0.2, 0) is 14.9 Å². The monoisotopic (exact) mass is 364 g/mol. The number of unbranched alkanes of at least 4 members (excludes halogenated alkanes) is 10. The summed E-state index contributed by atoms with van der Waals surface area (Å²) in [7, 11) is -3.95. The van der Waals surface area contributed by atoms with Crippen LogP contribution in [0, 0.1) is 0 Å². The van der Waals surface area contributed by atoms with Crippen LogP contribution in [0.1, 0.15) is 103 Å². The van der Waals surface area contributed by atoms with Gasteiger partial charge in [0.15, 0.2) is 0 Å². The highest BCUT2D eigenvalue weighted by Gasteiger charge is 2.21. The van der Waals surface area contributed by atoms with Gasteiger partial charge in [0, 0.05) is 6.42 Å². The van der Waals surface area contributed by atoms with Crippen molar-refractivity contribution in [2.75, 3.05) is 0 Å². The average molecular weight is 365 g/mol. The van der Waals surface area contributed by atoms with Crippen molar-refractivity contribution in [3.8, 4) is 0 Å².